The second kappa shape index (κ2) is 8.27. The van der Waals surface area contributed by atoms with Crippen LogP contribution in [0.15, 0.2) is 36.4 Å². The molecule has 1 amide bonds. The predicted molar refractivity (Wildman–Crippen MR) is 126 cm³/mol. The summed E-state index contributed by atoms with van der Waals surface area (Å²) in [5, 5.41) is 3.86. The van der Waals surface area contributed by atoms with Gasteiger partial charge in [0.2, 0.25) is 0 Å². The van der Waals surface area contributed by atoms with Gasteiger partial charge in [0, 0.05) is 12.1 Å². The highest BCUT2D eigenvalue weighted by molar-refractivity contribution is 6.33. The highest BCUT2D eigenvalue weighted by Crippen LogP contribution is 2.47. The van der Waals surface area contributed by atoms with Crippen LogP contribution in [-0.4, -0.2) is 43.8 Å². The number of rotatable bonds is 4. The van der Waals surface area contributed by atoms with Crippen molar-refractivity contribution < 1.29 is 14.3 Å². The molecule has 0 unspecified atom stereocenters. The second-order valence-corrected chi connectivity index (χ2v) is 10.5. The van der Waals surface area contributed by atoms with Crippen LogP contribution in [-0.2, 0) is 11.2 Å². The Balaban J connectivity index is 1.34. The summed E-state index contributed by atoms with van der Waals surface area (Å²) >= 11 is 6.51. The van der Waals surface area contributed by atoms with Crippen LogP contribution in [0.1, 0.15) is 43.9 Å². The van der Waals surface area contributed by atoms with Gasteiger partial charge in [0.1, 0.15) is 11.9 Å². The van der Waals surface area contributed by atoms with E-state index in [2.05, 4.69) is 42.3 Å². The van der Waals surface area contributed by atoms with E-state index in [0.717, 1.165) is 61.3 Å². The third-order valence-electron chi connectivity index (χ3n) is 7.49. The Labute approximate surface area is 195 Å². The largest absolute Gasteiger partial charge is 0.497 e. The summed E-state index contributed by atoms with van der Waals surface area (Å²) in [6.45, 7) is 7.54. The zero-order valence-corrected chi connectivity index (χ0v) is 19.7. The van der Waals surface area contributed by atoms with Gasteiger partial charge in [-0.2, -0.15) is 0 Å². The molecule has 5 nitrogen and oxygen atoms in total. The fraction of sp³-hybridized carbons (Fsp3) is 0.500. The molecule has 0 radical (unpaired) electrons. The molecule has 2 bridgehead atoms. The van der Waals surface area contributed by atoms with Gasteiger partial charge in [-0.05, 0) is 78.6 Å². The lowest BCUT2D eigenvalue weighted by Crippen LogP contribution is -2.53. The smallest absolute Gasteiger partial charge is 0.407 e. The van der Waals surface area contributed by atoms with Crippen LogP contribution in [0.4, 0.5) is 4.79 Å². The highest BCUT2D eigenvalue weighted by atomic mass is 35.5. The molecule has 2 aromatic rings. The minimum absolute atomic E-state index is 0.0149. The number of halogens is 1. The van der Waals surface area contributed by atoms with Crippen molar-refractivity contribution in [1.82, 2.24) is 10.2 Å². The zero-order valence-electron chi connectivity index (χ0n) is 19.0. The first-order valence-electron chi connectivity index (χ1n) is 11.5. The maximum atomic E-state index is 12.9. The molecule has 1 aliphatic carbocycles. The average molecular weight is 455 g/mol. The van der Waals surface area contributed by atoms with E-state index in [9.17, 15) is 4.79 Å². The SMILES string of the molecule is COc1ccc(-c2ccc3c(c2)CC(C)(C)[C@H]3NC(=O)O[C@@H]2CN3CCC2CC3)c(Cl)c1. The number of piperidine rings is 3. The molecule has 0 aromatic heterocycles. The molecule has 1 N–H and O–H groups in total. The fourth-order valence-corrected chi connectivity index (χ4v) is 5.97. The van der Waals surface area contributed by atoms with E-state index in [4.69, 9.17) is 21.1 Å². The Morgan fingerprint density at radius 1 is 1.16 bits per heavy atom. The molecule has 4 aliphatic rings. The van der Waals surface area contributed by atoms with E-state index in [1.54, 1.807) is 7.11 Å². The normalized spacial score (nSPS) is 27.6. The topological polar surface area (TPSA) is 50.8 Å². The Morgan fingerprint density at radius 3 is 2.59 bits per heavy atom. The van der Waals surface area contributed by atoms with Gasteiger partial charge < -0.3 is 14.8 Å². The fourth-order valence-electron chi connectivity index (χ4n) is 5.69. The highest BCUT2D eigenvalue weighted by Gasteiger charge is 2.42. The number of hydrogen-bond donors (Lipinski definition) is 1. The number of fused-ring (bicyclic) bond motifs is 4. The quantitative estimate of drug-likeness (QED) is 0.666. The van der Waals surface area contributed by atoms with E-state index in [0.29, 0.717) is 10.9 Å². The lowest BCUT2D eigenvalue weighted by atomic mass is 9.85. The minimum atomic E-state index is -0.294. The molecule has 2 aromatic carbocycles. The Bertz CT molecular complexity index is 1030. The molecule has 32 heavy (non-hydrogen) atoms. The zero-order chi connectivity index (χ0) is 22.5. The van der Waals surface area contributed by atoms with Crippen LogP contribution in [0.5, 0.6) is 5.75 Å². The maximum absolute atomic E-state index is 12.9. The summed E-state index contributed by atoms with van der Waals surface area (Å²) in [5.41, 5.74) is 4.36. The summed E-state index contributed by atoms with van der Waals surface area (Å²) in [6.07, 6.45) is 2.87. The third kappa shape index (κ3) is 3.97. The van der Waals surface area contributed by atoms with Crippen LogP contribution >= 0.6 is 11.6 Å². The lowest BCUT2D eigenvalue weighted by Gasteiger charge is -2.44. The molecule has 3 saturated heterocycles. The number of carbonyl (C=O) groups excluding carboxylic acids is 1. The maximum Gasteiger partial charge on any atom is 0.407 e. The molecule has 3 aliphatic heterocycles. The van der Waals surface area contributed by atoms with Crippen molar-refractivity contribution in [2.24, 2.45) is 11.3 Å². The molecular weight excluding hydrogens is 424 g/mol. The summed E-state index contributed by atoms with van der Waals surface area (Å²) in [6, 6.07) is 12.1. The van der Waals surface area contributed by atoms with E-state index >= 15 is 0 Å². The van der Waals surface area contributed by atoms with E-state index < -0.39 is 0 Å². The molecule has 6 rings (SSSR count). The van der Waals surface area contributed by atoms with Crippen LogP contribution in [0.3, 0.4) is 0 Å². The van der Waals surface area contributed by atoms with Gasteiger partial charge in [-0.3, -0.25) is 4.90 Å². The number of amides is 1. The van der Waals surface area contributed by atoms with Crippen molar-refractivity contribution in [3.8, 4) is 16.9 Å². The summed E-state index contributed by atoms with van der Waals surface area (Å²) in [7, 11) is 1.64. The molecule has 3 fully saturated rings. The van der Waals surface area contributed by atoms with Gasteiger partial charge in [-0.25, -0.2) is 4.79 Å². The number of ether oxygens (including phenoxy) is 2. The number of nitrogens with zero attached hydrogens (tertiary/aromatic N) is 1. The number of hydrogen-bond acceptors (Lipinski definition) is 4. The number of nitrogens with one attached hydrogen (secondary N) is 1. The van der Waals surface area contributed by atoms with Crippen molar-refractivity contribution in [1.29, 1.82) is 0 Å². The second-order valence-electron chi connectivity index (χ2n) is 10.1. The minimum Gasteiger partial charge on any atom is -0.497 e. The molecule has 6 heteroatoms. The molecule has 170 valence electrons. The number of carbonyl (C=O) groups is 1. The number of benzene rings is 2. The lowest BCUT2D eigenvalue weighted by molar-refractivity contribution is -0.0348. The molecule has 0 spiro atoms. The first-order chi connectivity index (χ1) is 15.3. The van der Waals surface area contributed by atoms with Crippen molar-refractivity contribution in [2.75, 3.05) is 26.7 Å². The number of alkyl carbamates (subject to hydrolysis) is 1. The van der Waals surface area contributed by atoms with E-state index in [1.807, 2.05) is 18.2 Å². The van der Waals surface area contributed by atoms with Crippen molar-refractivity contribution in [3.05, 3.63) is 52.5 Å². The molecular formula is C26H31ClN2O3. The van der Waals surface area contributed by atoms with Gasteiger partial charge >= 0.3 is 6.09 Å². The van der Waals surface area contributed by atoms with Crippen molar-refractivity contribution >= 4 is 17.7 Å². The molecule has 2 atom stereocenters. The van der Waals surface area contributed by atoms with Gasteiger partial charge in [0.25, 0.3) is 0 Å². The first-order valence-corrected chi connectivity index (χ1v) is 11.9. The number of methoxy groups -OCH3 is 1. The van der Waals surface area contributed by atoms with Crippen LogP contribution in [0.2, 0.25) is 5.02 Å². The summed E-state index contributed by atoms with van der Waals surface area (Å²) < 4.78 is 11.2. The Morgan fingerprint density at radius 2 is 1.94 bits per heavy atom. The van der Waals surface area contributed by atoms with Crippen LogP contribution in [0, 0.1) is 11.3 Å². The van der Waals surface area contributed by atoms with Gasteiger partial charge in [-0.1, -0.05) is 43.6 Å². The van der Waals surface area contributed by atoms with Crippen molar-refractivity contribution in [3.63, 3.8) is 0 Å². The van der Waals surface area contributed by atoms with Crippen LogP contribution < -0.4 is 10.1 Å². The van der Waals surface area contributed by atoms with E-state index in [1.165, 1.54) is 5.56 Å². The van der Waals surface area contributed by atoms with Crippen LogP contribution in [0.25, 0.3) is 11.1 Å². The predicted octanol–water partition coefficient (Wildman–Crippen LogP) is 5.46. The van der Waals surface area contributed by atoms with Gasteiger partial charge in [-0.15, -0.1) is 0 Å². The average Bonchev–Trinajstić information content (AvgIpc) is 3.03. The van der Waals surface area contributed by atoms with E-state index in [-0.39, 0.29) is 23.7 Å². The first kappa shape index (κ1) is 21.6. The third-order valence-corrected chi connectivity index (χ3v) is 7.80. The molecule has 0 saturated carbocycles. The Kier molecular flexibility index (Phi) is 5.58. The monoisotopic (exact) mass is 454 g/mol. The summed E-state index contributed by atoms with van der Waals surface area (Å²) in [4.78, 5) is 15.3. The summed E-state index contributed by atoms with van der Waals surface area (Å²) in [5.74, 6) is 1.25. The van der Waals surface area contributed by atoms with Gasteiger partial charge in [0.15, 0.2) is 0 Å². The standard InChI is InChI=1S/C26H31ClN2O3/c1-26(2)14-18-12-17(20-7-5-19(31-3)13-22(20)27)4-6-21(18)24(26)28-25(30)32-23-15-29-10-8-16(23)9-11-29/h4-7,12-13,16,23-24H,8-11,14-15H2,1-3H3,(H,28,30)/t23-,24+/m1/s1. The van der Waals surface area contributed by atoms with Gasteiger partial charge in [0.05, 0.1) is 18.2 Å². The molecule has 3 heterocycles. The van der Waals surface area contributed by atoms with Crippen molar-refractivity contribution in [2.45, 2.75) is 45.3 Å². The Hall–Kier alpha value is -2.24.